The highest BCUT2D eigenvalue weighted by Crippen LogP contribution is 2.32. The maximum atomic E-state index is 11.2. The van der Waals surface area contributed by atoms with Crippen LogP contribution in [0.4, 0.5) is 0 Å². The van der Waals surface area contributed by atoms with Crippen molar-refractivity contribution in [2.24, 2.45) is 0 Å². The highest BCUT2D eigenvalue weighted by atomic mass is 16.7. The molecule has 90 valence electrons. The molecule has 0 radical (unpaired) electrons. The van der Waals surface area contributed by atoms with E-state index in [1.807, 2.05) is 30.3 Å². The van der Waals surface area contributed by atoms with Gasteiger partial charge < -0.3 is 19.3 Å². The first-order chi connectivity index (χ1) is 8.25. The van der Waals surface area contributed by atoms with Crippen LogP contribution >= 0.6 is 0 Å². The Kier molecular flexibility index (Phi) is 2.58. The van der Waals surface area contributed by atoms with Gasteiger partial charge in [0.1, 0.15) is 6.10 Å². The molecule has 0 aromatic heterocycles. The average Bonchev–Trinajstić information content (AvgIpc) is 2.66. The molecule has 2 fully saturated rings. The van der Waals surface area contributed by atoms with E-state index in [2.05, 4.69) is 0 Å². The molecule has 2 aliphatic rings. The van der Waals surface area contributed by atoms with E-state index in [1.54, 1.807) is 0 Å². The van der Waals surface area contributed by atoms with Crippen LogP contribution in [0.25, 0.3) is 0 Å². The predicted octanol–water partition coefficient (Wildman–Crippen LogP) is 0.387. The van der Waals surface area contributed by atoms with Crippen molar-refractivity contribution in [1.29, 1.82) is 0 Å². The van der Waals surface area contributed by atoms with Gasteiger partial charge in [-0.05, 0) is 0 Å². The second-order valence-corrected chi connectivity index (χ2v) is 4.10. The second-order valence-electron chi connectivity index (χ2n) is 4.10. The Hall–Kier alpha value is -1.43. The zero-order valence-corrected chi connectivity index (χ0v) is 8.98. The van der Waals surface area contributed by atoms with E-state index in [0.717, 1.165) is 5.56 Å². The Morgan fingerprint density at radius 3 is 2.76 bits per heavy atom. The van der Waals surface area contributed by atoms with Crippen LogP contribution in [0.1, 0.15) is 11.9 Å². The molecule has 2 heterocycles. The molecule has 3 rings (SSSR count). The Labute approximate surface area is 97.9 Å². The van der Waals surface area contributed by atoms with Gasteiger partial charge in [-0.1, -0.05) is 30.3 Å². The Morgan fingerprint density at radius 1 is 1.24 bits per heavy atom. The van der Waals surface area contributed by atoms with Crippen molar-refractivity contribution in [3.05, 3.63) is 35.9 Å². The fourth-order valence-electron chi connectivity index (χ4n) is 2.06. The number of esters is 1. The molecule has 1 aromatic rings. The van der Waals surface area contributed by atoms with Crippen molar-refractivity contribution in [3.63, 3.8) is 0 Å². The Bertz CT molecular complexity index is 418. The summed E-state index contributed by atoms with van der Waals surface area (Å²) in [6.07, 6.45) is -2.91. The number of aliphatic hydroxyl groups excluding tert-OH is 1. The number of benzene rings is 1. The largest absolute Gasteiger partial charge is 0.455 e. The molecule has 1 N–H and O–H groups in total. The Balaban J connectivity index is 1.78. The highest BCUT2D eigenvalue weighted by Gasteiger charge is 2.48. The molecule has 0 saturated carbocycles. The summed E-state index contributed by atoms with van der Waals surface area (Å²) >= 11 is 0. The summed E-state index contributed by atoms with van der Waals surface area (Å²) < 4.78 is 15.9. The lowest BCUT2D eigenvalue weighted by Crippen LogP contribution is -2.42. The van der Waals surface area contributed by atoms with Gasteiger partial charge in [0.05, 0.1) is 6.61 Å². The van der Waals surface area contributed by atoms with Crippen LogP contribution in [0.5, 0.6) is 0 Å². The van der Waals surface area contributed by atoms with Gasteiger partial charge in [-0.15, -0.1) is 0 Å². The van der Waals surface area contributed by atoms with Crippen molar-refractivity contribution < 1.29 is 24.1 Å². The zero-order chi connectivity index (χ0) is 11.8. The molecule has 1 aromatic carbocycles. The molecule has 5 heteroatoms. The summed E-state index contributed by atoms with van der Waals surface area (Å²) in [7, 11) is 0. The minimum absolute atomic E-state index is 0.243. The van der Waals surface area contributed by atoms with Crippen LogP contribution < -0.4 is 0 Å². The van der Waals surface area contributed by atoms with Gasteiger partial charge in [-0.25, -0.2) is 4.79 Å². The van der Waals surface area contributed by atoms with Crippen molar-refractivity contribution in [2.75, 3.05) is 6.61 Å². The number of fused-ring (bicyclic) bond motifs is 1. The summed E-state index contributed by atoms with van der Waals surface area (Å²) in [5.74, 6) is -0.641. The molecule has 0 aliphatic carbocycles. The second kappa shape index (κ2) is 4.10. The number of carbonyl (C=O) groups excluding carboxylic acids is 1. The van der Waals surface area contributed by atoms with Gasteiger partial charge in [-0.2, -0.15) is 0 Å². The van der Waals surface area contributed by atoms with Gasteiger partial charge in [0, 0.05) is 5.56 Å². The molecule has 4 atom stereocenters. The molecule has 17 heavy (non-hydrogen) atoms. The van der Waals surface area contributed by atoms with Crippen molar-refractivity contribution >= 4 is 5.97 Å². The molecule has 0 bridgehead atoms. The van der Waals surface area contributed by atoms with E-state index in [4.69, 9.17) is 14.2 Å². The third-order valence-corrected chi connectivity index (χ3v) is 2.95. The van der Waals surface area contributed by atoms with E-state index >= 15 is 0 Å². The number of hydrogen-bond donors (Lipinski definition) is 1. The maximum absolute atomic E-state index is 11.2. The third kappa shape index (κ3) is 1.82. The molecule has 2 saturated heterocycles. The lowest BCUT2D eigenvalue weighted by atomic mass is 10.1. The fraction of sp³-hybridized carbons (Fsp3) is 0.417. The smallest absolute Gasteiger partial charge is 0.338 e. The van der Waals surface area contributed by atoms with Crippen LogP contribution in [-0.4, -0.2) is 36.0 Å². The first-order valence-electron chi connectivity index (χ1n) is 5.46. The maximum Gasteiger partial charge on any atom is 0.338 e. The fourth-order valence-corrected chi connectivity index (χ4v) is 2.06. The van der Waals surface area contributed by atoms with Gasteiger partial charge >= 0.3 is 5.97 Å². The predicted molar refractivity (Wildman–Crippen MR) is 55.9 cm³/mol. The lowest BCUT2D eigenvalue weighted by Gasteiger charge is -2.31. The zero-order valence-electron chi connectivity index (χ0n) is 8.98. The number of carbonyl (C=O) groups is 1. The molecule has 5 nitrogen and oxygen atoms in total. The highest BCUT2D eigenvalue weighted by molar-refractivity contribution is 5.77. The van der Waals surface area contributed by atoms with E-state index in [-0.39, 0.29) is 6.61 Å². The molecular weight excluding hydrogens is 224 g/mol. The van der Waals surface area contributed by atoms with E-state index in [0.29, 0.717) is 0 Å². The number of rotatable bonds is 1. The monoisotopic (exact) mass is 236 g/mol. The van der Waals surface area contributed by atoms with E-state index in [1.165, 1.54) is 0 Å². The number of hydrogen-bond acceptors (Lipinski definition) is 5. The van der Waals surface area contributed by atoms with Crippen molar-refractivity contribution in [2.45, 2.75) is 24.6 Å². The minimum Gasteiger partial charge on any atom is -0.455 e. The molecular formula is C12H12O5. The van der Waals surface area contributed by atoms with Gasteiger partial charge in [0.25, 0.3) is 0 Å². The SMILES string of the molecule is O=C1O[C@@H]2CO[C@@H](c3ccccc3)O[C@@H]2[C@@H]1O. The minimum atomic E-state index is -1.21. The topological polar surface area (TPSA) is 65.0 Å². The van der Waals surface area contributed by atoms with Crippen LogP contribution in [0, 0.1) is 0 Å². The average molecular weight is 236 g/mol. The normalized spacial score (nSPS) is 36.4. The summed E-state index contributed by atoms with van der Waals surface area (Å²) in [6.45, 7) is 0.243. The van der Waals surface area contributed by atoms with Crippen LogP contribution in [-0.2, 0) is 19.0 Å². The van der Waals surface area contributed by atoms with Crippen molar-refractivity contribution in [1.82, 2.24) is 0 Å². The first-order valence-corrected chi connectivity index (χ1v) is 5.46. The first kappa shape index (κ1) is 10.7. The lowest BCUT2D eigenvalue weighted by molar-refractivity contribution is -0.251. The summed E-state index contributed by atoms with van der Waals surface area (Å²) in [4.78, 5) is 11.2. The van der Waals surface area contributed by atoms with Gasteiger partial charge in [0.2, 0.25) is 0 Å². The van der Waals surface area contributed by atoms with Crippen LogP contribution in [0.3, 0.4) is 0 Å². The van der Waals surface area contributed by atoms with Gasteiger partial charge in [0.15, 0.2) is 18.5 Å². The Morgan fingerprint density at radius 2 is 2.00 bits per heavy atom. The summed E-state index contributed by atoms with van der Waals surface area (Å²) in [5.41, 5.74) is 0.859. The van der Waals surface area contributed by atoms with E-state index < -0.39 is 30.6 Å². The standard InChI is InChI=1S/C12H12O5/c13-9-10-8(16-11(9)14)6-15-12(17-10)7-4-2-1-3-5-7/h1-5,8-10,12-13H,6H2/t8-,9+,10+,12-/m1/s1. The van der Waals surface area contributed by atoms with Gasteiger partial charge in [-0.3, -0.25) is 0 Å². The molecule has 0 amide bonds. The van der Waals surface area contributed by atoms with Crippen molar-refractivity contribution in [3.8, 4) is 0 Å². The van der Waals surface area contributed by atoms with Crippen LogP contribution in [0.2, 0.25) is 0 Å². The summed E-state index contributed by atoms with van der Waals surface area (Å²) in [6, 6.07) is 9.39. The molecule has 2 aliphatic heterocycles. The molecule has 0 unspecified atom stereocenters. The van der Waals surface area contributed by atoms with Crippen LogP contribution in [0.15, 0.2) is 30.3 Å². The number of aliphatic hydroxyl groups is 1. The number of ether oxygens (including phenoxy) is 3. The third-order valence-electron chi connectivity index (χ3n) is 2.95. The van der Waals surface area contributed by atoms with E-state index in [9.17, 15) is 9.90 Å². The molecule has 0 spiro atoms. The summed E-state index contributed by atoms with van der Waals surface area (Å²) in [5, 5.41) is 9.60. The quantitative estimate of drug-likeness (QED) is 0.714.